The monoisotopic (exact) mass is 495 g/mol. The summed E-state index contributed by atoms with van der Waals surface area (Å²) < 4.78 is 10.3. The van der Waals surface area contributed by atoms with Crippen LogP contribution in [0.4, 0.5) is 0 Å². The first-order valence-electron chi connectivity index (χ1n) is 10.3. The molecule has 0 spiro atoms. The molecule has 0 fully saturated rings. The summed E-state index contributed by atoms with van der Waals surface area (Å²) in [4.78, 5) is 37.9. The molecule has 8 heteroatoms. The van der Waals surface area contributed by atoms with Crippen LogP contribution in [0.2, 0.25) is 10.0 Å². The average molecular weight is 496 g/mol. The van der Waals surface area contributed by atoms with Crippen molar-refractivity contribution >= 4 is 46.0 Å². The molecule has 0 aliphatic carbocycles. The van der Waals surface area contributed by atoms with Gasteiger partial charge in [-0.1, -0.05) is 59.6 Å². The summed E-state index contributed by atoms with van der Waals surface area (Å²) >= 11 is 12.0. The summed E-state index contributed by atoms with van der Waals surface area (Å²) in [5, 5.41) is 4.19. The predicted molar refractivity (Wildman–Crippen MR) is 131 cm³/mol. The number of hydrogen-bond acceptors (Lipinski definition) is 5. The van der Waals surface area contributed by atoms with Crippen LogP contribution in [0.25, 0.3) is 22.1 Å². The summed E-state index contributed by atoms with van der Waals surface area (Å²) in [6, 6.07) is 19.4. The molecule has 4 rings (SSSR count). The Kier molecular flexibility index (Phi) is 7.01. The van der Waals surface area contributed by atoms with Crippen LogP contribution in [-0.4, -0.2) is 25.0 Å². The molecular formula is C26H19Cl2NO5. The van der Waals surface area contributed by atoms with Gasteiger partial charge in [-0.15, -0.1) is 0 Å². The molecule has 0 bridgehead atoms. The van der Waals surface area contributed by atoms with Crippen LogP contribution in [0.15, 0.2) is 82.0 Å². The summed E-state index contributed by atoms with van der Waals surface area (Å²) in [6.07, 6.45) is 0.156. The van der Waals surface area contributed by atoms with Crippen LogP contribution < -0.4 is 10.9 Å². The Hall–Kier alpha value is -3.61. The summed E-state index contributed by atoms with van der Waals surface area (Å²) in [5.74, 6) is -1.10. The fraction of sp³-hybridized carbons (Fsp3) is 0.115. The second-order valence-corrected chi connectivity index (χ2v) is 8.38. The average Bonchev–Trinajstić information content (AvgIpc) is 2.85. The van der Waals surface area contributed by atoms with Crippen molar-refractivity contribution in [2.24, 2.45) is 0 Å². The molecule has 0 saturated heterocycles. The number of esters is 1. The van der Waals surface area contributed by atoms with Crippen LogP contribution in [0.1, 0.15) is 15.9 Å². The van der Waals surface area contributed by atoms with Gasteiger partial charge in [-0.2, -0.15) is 0 Å². The largest absolute Gasteiger partial charge is 0.467 e. The van der Waals surface area contributed by atoms with E-state index in [0.29, 0.717) is 32.3 Å². The van der Waals surface area contributed by atoms with Crippen LogP contribution in [-0.2, 0) is 16.0 Å². The highest BCUT2D eigenvalue weighted by atomic mass is 35.5. The van der Waals surface area contributed by atoms with Crippen molar-refractivity contribution in [2.75, 3.05) is 7.11 Å². The summed E-state index contributed by atoms with van der Waals surface area (Å²) in [7, 11) is 1.25. The van der Waals surface area contributed by atoms with Gasteiger partial charge in [0, 0.05) is 17.4 Å². The second kappa shape index (κ2) is 10.1. The Bertz CT molecular complexity index is 1450. The summed E-state index contributed by atoms with van der Waals surface area (Å²) in [5.41, 5.74) is 1.79. The van der Waals surface area contributed by atoms with Gasteiger partial charge in [-0.25, -0.2) is 9.59 Å². The van der Waals surface area contributed by atoms with Crippen LogP contribution in [0.3, 0.4) is 0 Å². The molecule has 6 nitrogen and oxygen atoms in total. The molecule has 1 amide bonds. The Balaban J connectivity index is 1.60. The van der Waals surface area contributed by atoms with Crippen molar-refractivity contribution in [1.29, 1.82) is 0 Å². The number of hydrogen-bond donors (Lipinski definition) is 1. The van der Waals surface area contributed by atoms with Gasteiger partial charge in [0.2, 0.25) is 0 Å². The van der Waals surface area contributed by atoms with E-state index in [1.165, 1.54) is 7.11 Å². The lowest BCUT2D eigenvalue weighted by atomic mass is 10.0. The van der Waals surface area contributed by atoms with E-state index in [2.05, 4.69) is 5.32 Å². The topological polar surface area (TPSA) is 85.6 Å². The third kappa shape index (κ3) is 5.14. The summed E-state index contributed by atoms with van der Waals surface area (Å²) in [6.45, 7) is 0. The molecule has 0 aliphatic heterocycles. The highest BCUT2D eigenvalue weighted by Gasteiger charge is 2.23. The smallest absolute Gasteiger partial charge is 0.344 e. The zero-order chi connectivity index (χ0) is 24.2. The van der Waals surface area contributed by atoms with Gasteiger partial charge >= 0.3 is 11.6 Å². The second-order valence-electron chi connectivity index (χ2n) is 7.57. The molecule has 172 valence electrons. The number of carbonyl (C=O) groups is 2. The minimum absolute atomic E-state index is 0.156. The van der Waals surface area contributed by atoms with Gasteiger partial charge < -0.3 is 14.5 Å². The lowest BCUT2D eigenvalue weighted by Gasteiger charge is -2.17. The first-order chi connectivity index (χ1) is 16.4. The van der Waals surface area contributed by atoms with E-state index in [-0.39, 0.29) is 12.0 Å². The van der Waals surface area contributed by atoms with E-state index in [1.54, 1.807) is 60.7 Å². The van der Waals surface area contributed by atoms with Gasteiger partial charge in [-0.3, -0.25) is 4.79 Å². The fourth-order valence-electron chi connectivity index (χ4n) is 3.57. The molecular weight excluding hydrogens is 477 g/mol. The predicted octanol–water partition coefficient (Wildman–Crippen LogP) is 5.28. The van der Waals surface area contributed by atoms with E-state index < -0.39 is 23.5 Å². The lowest BCUT2D eigenvalue weighted by Crippen LogP contribution is -2.43. The highest BCUT2D eigenvalue weighted by molar-refractivity contribution is 6.42. The maximum Gasteiger partial charge on any atom is 0.344 e. The molecule has 0 unspecified atom stereocenters. The van der Waals surface area contributed by atoms with E-state index in [4.69, 9.17) is 32.4 Å². The van der Waals surface area contributed by atoms with Gasteiger partial charge in [-0.05, 0) is 47.5 Å². The minimum Gasteiger partial charge on any atom is -0.467 e. The Labute approximate surface area is 205 Å². The SMILES string of the molecule is COC(=O)[C@H](Cc1ccc(Cl)c(Cl)c1)NC(=O)c1cccc(-c2cc3ccccc3oc2=O)c1. The third-order valence-corrected chi connectivity index (χ3v) is 6.03. The van der Waals surface area contributed by atoms with Gasteiger partial charge in [0.05, 0.1) is 22.7 Å². The van der Waals surface area contributed by atoms with Crippen LogP contribution >= 0.6 is 23.2 Å². The quantitative estimate of drug-likeness (QED) is 0.290. The number of halogens is 2. The standard InChI is InChI=1S/C26H19Cl2NO5/c1-33-26(32)22(12-15-9-10-20(27)21(28)11-15)29-24(30)18-7-4-6-16(13-18)19-14-17-5-2-3-8-23(17)34-25(19)31/h2-11,13-14,22H,12H2,1H3,(H,29,30)/t22-/m0/s1. The number of ether oxygens (including phenoxy) is 1. The molecule has 1 aromatic heterocycles. The van der Waals surface area contributed by atoms with Crippen molar-refractivity contribution in [1.82, 2.24) is 5.32 Å². The van der Waals surface area contributed by atoms with Crippen molar-refractivity contribution in [3.05, 3.63) is 104 Å². The van der Waals surface area contributed by atoms with Crippen LogP contribution in [0.5, 0.6) is 0 Å². The molecule has 1 N–H and O–H groups in total. The number of carbonyl (C=O) groups excluding carboxylic acids is 2. The lowest BCUT2D eigenvalue weighted by molar-refractivity contribution is -0.142. The van der Waals surface area contributed by atoms with E-state index in [9.17, 15) is 14.4 Å². The van der Waals surface area contributed by atoms with E-state index in [0.717, 1.165) is 5.39 Å². The molecule has 1 heterocycles. The Morgan fingerprint density at radius 3 is 2.53 bits per heavy atom. The van der Waals surface area contributed by atoms with Gasteiger partial charge in [0.15, 0.2) is 0 Å². The Morgan fingerprint density at radius 1 is 0.971 bits per heavy atom. The van der Waals surface area contributed by atoms with Crippen LogP contribution in [0, 0.1) is 0 Å². The number of amides is 1. The molecule has 0 radical (unpaired) electrons. The highest BCUT2D eigenvalue weighted by Crippen LogP contribution is 2.24. The molecule has 4 aromatic rings. The van der Waals surface area contributed by atoms with Gasteiger partial charge in [0.1, 0.15) is 11.6 Å². The normalized spacial score (nSPS) is 11.7. The van der Waals surface area contributed by atoms with Crippen molar-refractivity contribution in [3.8, 4) is 11.1 Å². The maximum absolute atomic E-state index is 13.0. The first-order valence-corrected chi connectivity index (χ1v) is 11.1. The molecule has 34 heavy (non-hydrogen) atoms. The minimum atomic E-state index is -0.955. The van der Waals surface area contributed by atoms with E-state index in [1.807, 2.05) is 12.1 Å². The number of para-hydroxylation sites is 1. The number of rotatable bonds is 6. The molecule has 0 aliphatic rings. The molecule has 1 atom stereocenters. The maximum atomic E-state index is 13.0. The zero-order valence-corrected chi connectivity index (χ0v) is 19.5. The third-order valence-electron chi connectivity index (χ3n) is 5.29. The fourth-order valence-corrected chi connectivity index (χ4v) is 3.89. The zero-order valence-electron chi connectivity index (χ0n) is 18.0. The Morgan fingerprint density at radius 2 is 1.76 bits per heavy atom. The first kappa shape index (κ1) is 23.5. The number of fused-ring (bicyclic) bond motifs is 1. The van der Waals surface area contributed by atoms with Gasteiger partial charge in [0.25, 0.3) is 5.91 Å². The number of benzene rings is 3. The van der Waals surface area contributed by atoms with Crippen molar-refractivity contribution < 1.29 is 18.7 Å². The molecule has 0 saturated carbocycles. The number of nitrogens with one attached hydrogen (secondary N) is 1. The van der Waals surface area contributed by atoms with E-state index >= 15 is 0 Å². The number of methoxy groups -OCH3 is 1. The van der Waals surface area contributed by atoms with Crippen molar-refractivity contribution in [3.63, 3.8) is 0 Å². The molecule has 3 aromatic carbocycles. The van der Waals surface area contributed by atoms with Crippen molar-refractivity contribution in [2.45, 2.75) is 12.5 Å².